The lowest BCUT2D eigenvalue weighted by Crippen LogP contribution is -2.30. The van der Waals surface area contributed by atoms with Crippen molar-refractivity contribution in [3.05, 3.63) is 22.8 Å². The van der Waals surface area contributed by atoms with E-state index >= 15 is 0 Å². The normalized spacial score (nSPS) is 24.1. The molecule has 15 heavy (non-hydrogen) atoms. The minimum atomic E-state index is -4.15. The molecule has 0 saturated carbocycles. The lowest BCUT2D eigenvalue weighted by Gasteiger charge is -2.24. The molecule has 3 N–H and O–H groups in total. The van der Waals surface area contributed by atoms with E-state index in [1.165, 1.54) is 19.3 Å². The molecule has 0 bridgehead atoms. The lowest BCUT2D eigenvalue weighted by molar-refractivity contribution is 0.226. The predicted octanol–water partition coefficient (Wildman–Crippen LogP) is 0.656. The van der Waals surface area contributed by atoms with Gasteiger partial charge < -0.3 is 10.5 Å². The van der Waals surface area contributed by atoms with Gasteiger partial charge in [-0.1, -0.05) is 6.08 Å². The Morgan fingerprint density at radius 1 is 1.67 bits per heavy atom. The van der Waals surface area contributed by atoms with E-state index in [1.54, 1.807) is 0 Å². The topological polar surface area (TPSA) is 89.6 Å². The molecule has 0 aromatic heterocycles. The van der Waals surface area contributed by atoms with E-state index in [0.717, 1.165) is 0 Å². The average molecular weight is 233 g/mol. The van der Waals surface area contributed by atoms with Gasteiger partial charge in [-0.3, -0.25) is 4.55 Å². The molecule has 1 aliphatic rings. The van der Waals surface area contributed by atoms with Crippen LogP contribution in [0.4, 0.5) is 0 Å². The summed E-state index contributed by atoms with van der Waals surface area (Å²) < 4.78 is 35.7. The van der Waals surface area contributed by atoms with Crippen LogP contribution in [-0.2, 0) is 14.9 Å². The van der Waals surface area contributed by atoms with E-state index in [0.29, 0.717) is 12.2 Å². The van der Waals surface area contributed by atoms with Crippen molar-refractivity contribution >= 4 is 10.1 Å². The van der Waals surface area contributed by atoms with E-state index < -0.39 is 10.1 Å². The van der Waals surface area contributed by atoms with Gasteiger partial charge >= 0.3 is 0 Å². The summed E-state index contributed by atoms with van der Waals surface area (Å²) in [6.07, 6.45) is 3.21. The maximum atomic E-state index is 10.9. The lowest BCUT2D eigenvalue weighted by atomic mass is 9.92. The number of methoxy groups -OCH3 is 1. The molecule has 1 unspecified atom stereocenters. The second kappa shape index (κ2) is 4.34. The molecule has 5 nitrogen and oxygen atoms in total. The van der Waals surface area contributed by atoms with Gasteiger partial charge in [-0.2, -0.15) is 8.42 Å². The standard InChI is InChI=1S/C9H15NO4S/c1-6(10)8-4-3-7(15(11,12)13)5-9(8)14-2/h3,5-6,8H,4,10H2,1-2H3,(H,11,12,13)/t6-,8?/m0/s1. The molecule has 2 atom stereocenters. The Labute approximate surface area is 89.4 Å². The van der Waals surface area contributed by atoms with Crippen LogP contribution in [0.3, 0.4) is 0 Å². The SMILES string of the molecule is COC1=CC(S(=O)(=O)O)=CCC1[C@H](C)N. The van der Waals surface area contributed by atoms with E-state index in [1.807, 2.05) is 6.92 Å². The molecular formula is C9H15NO4S. The first-order valence-electron chi connectivity index (χ1n) is 4.55. The Bertz CT molecular complexity index is 394. The number of allylic oxidation sites excluding steroid dienone is 2. The molecule has 0 aromatic carbocycles. The minimum Gasteiger partial charge on any atom is -0.501 e. The van der Waals surface area contributed by atoms with Gasteiger partial charge in [0, 0.05) is 12.0 Å². The fourth-order valence-electron chi connectivity index (χ4n) is 1.53. The zero-order valence-electron chi connectivity index (χ0n) is 8.67. The maximum Gasteiger partial charge on any atom is 0.294 e. The number of ether oxygens (including phenoxy) is 1. The molecule has 0 aliphatic heterocycles. The van der Waals surface area contributed by atoms with Crippen LogP contribution in [-0.4, -0.2) is 26.1 Å². The van der Waals surface area contributed by atoms with Crippen molar-refractivity contribution in [1.82, 2.24) is 0 Å². The molecule has 86 valence electrons. The Morgan fingerprint density at radius 3 is 2.67 bits per heavy atom. The number of rotatable bonds is 3. The van der Waals surface area contributed by atoms with E-state index in [9.17, 15) is 8.42 Å². The van der Waals surface area contributed by atoms with Crippen molar-refractivity contribution in [3.8, 4) is 0 Å². The highest BCUT2D eigenvalue weighted by molar-refractivity contribution is 7.90. The van der Waals surface area contributed by atoms with Crippen molar-refractivity contribution in [2.75, 3.05) is 7.11 Å². The van der Waals surface area contributed by atoms with Gasteiger partial charge in [0.25, 0.3) is 10.1 Å². The van der Waals surface area contributed by atoms with Gasteiger partial charge in [0.2, 0.25) is 0 Å². The van der Waals surface area contributed by atoms with Crippen molar-refractivity contribution in [3.63, 3.8) is 0 Å². The van der Waals surface area contributed by atoms with Gasteiger partial charge in [0.05, 0.1) is 12.0 Å². The summed E-state index contributed by atoms with van der Waals surface area (Å²) in [5, 5.41) is 0. The third kappa shape index (κ3) is 2.80. The Morgan fingerprint density at radius 2 is 2.27 bits per heavy atom. The van der Waals surface area contributed by atoms with Crippen molar-refractivity contribution < 1.29 is 17.7 Å². The molecule has 1 rings (SSSR count). The molecule has 0 saturated heterocycles. The fraction of sp³-hybridized carbons (Fsp3) is 0.556. The Balaban J connectivity index is 3.01. The minimum absolute atomic E-state index is 0.0412. The molecule has 6 heteroatoms. The molecule has 1 aliphatic carbocycles. The fourth-order valence-corrected chi connectivity index (χ4v) is 2.10. The van der Waals surface area contributed by atoms with Crippen LogP contribution in [0.1, 0.15) is 13.3 Å². The van der Waals surface area contributed by atoms with E-state index in [4.69, 9.17) is 15.0 Å². The molecular weight excluding hydrogens is 218 g/mol. The quantitative estimate of drug-likeness (QED) is 0.699. The monoisotopic (exact) mass is 233 g/mol. The van der Waals surface area contributed by atoms with Crippen molar-refractivity contribution in [2.24, 2.45) is 11.7 Å². The molecule has 0 aromatic rings. The van der Waals surface area contributed by atoms with Gasteiger partial charge in [0.1, 0.15) is 5.76 Å². The summed E-state index contributed by atoms with van der Waals surface area (Å²) in [6, 6.07) is -0.129. The van der Waals surface area contributed by atoms with Crippen LogP contribution in [0.25, 0.3) is 0 Å². The Hall–Kier alpha value is -0.850. The van der Waals surface area contributed by atoms with Gasteiger partial charge in [-0.15, -0.1) is 0 Å². The summed E-state index contributed by atoms with van der Waals surface area (Å²) in [5.74, 6) is 0.445. The first-order valence-corrected chi connectivity index (χ1v) is 5.99. The van der Waals surface area contributed by atoms with Crippen LogP contribution in [0, 0.1) is 5.92 Å². The van der Waals surface area contributed by atoms with E-state index in [-0.39, 0.29) is 16.9 Å². The molecule has 0 radical (unpaired) electrons. The summed E-state index contributed by atoms with van der Waals surface area (Å²) in [4.78, 5) is -0.128. The third-order valence-corrected chi connectivity index (χ3v) is 3.27. The zero-order chi connectivity index (χ0) is 11.6. The van der Waals surface area contributed by atoms with Crippen LogP contribution >= 0.6 is 0 Å². The number of hydrogen-bond acceptors (Lipinski definition) is 4. The average Bonchev–Trinajstić information content (AvgIpc) is 2.15. The highest BCUT2D eigenvalue weighted by Crippen LogP contribution is 2.28. The molecule has 0 heterocycles. The van der Waals surface area contributed by atoms with Crippen LogP contribution in [0.5, 0.6) is 0 Å². The number of hydrogen-bond donors (Lipinski definition) is 2. The van der Waals surface area contributed by atoms with Gasteiger partial charge in [0.15, 0.2) is 0 Å². The highest BCUT2D eigenvalue weighted by Gasteiger charge is 2.26. The largest absolute Gasteiger partial charge is 0.501 e. The predicted molar refractivity (Wildman–Crippen MR) is 56.5 cm³/mol. The second-order valence-electron chi connectivity index (χ2n) is 3.53. The molecule has 0 spiro atoms. The summed E-state index contributed by atoms with van der Waals surface area (Å²) in [5.41, 5.74) is 5.73. The first kappa shape index (κ1) is 12.2. The number of nitrogens with two attached hydrogens (primary N) is 1. The maximum absolute atomic E-state index is 10.9. The Kier molecular flexibility index (Phi) is 3.54. The van der Waals surface area contributed by atoms with Crippen LogP contribution < -0.4 is 5.73 Å². The van der Waals surface area contributed by atoms with Crippen molar-refractivity contribution in [2.45, 2.75) is 19.4 Å². The molecule has 0 amide bonds. The zero-order valence-corrected chi connectivity index (χ0v) is 9.49. The van der Waals surface area contributed by atoms with Gasteiger partial charge in [-0.05, 0) is 19.4 Å². The van der Waals surface area contributed by atoms with Crippen molar-refractivity contribution in [1.29, 1.82) is 0 Å². The smallest absolute Gasteiger partial charge is 0.294 e. The summed E-state index contributed by atoms with van der Waals surface area (Å²) in [7, 11) is -2.70. The van der Waals surface area contributed by atoms with Gasteiger partial charge in [-0.25, -0.2) is 0 Å². The first-order chi connectivity index (χ1) is 6.86. The van der Waals surface area contributed by atoms with Crippen LogP contribution in [0.15, 0.2) is 22.8 Å². The second-order valence-corrected chi connectivity index (χ2v) is 4.96. The van der Waals surface area contributed by atoms with Crippen LogP contribution in [0.2, 0.25) is 0 Å². The van der Waals surface area contributed by atoms with E-state index in [2.05, 4.69) is 0 Å². The summed E-state index contributed by atoms with van der Waals surface area (Å²) >= 11 is 0. The summed E-state index contributed by atoms with van der Waals surface area (Å²) in [6.45, 7) is 1.82. The highest BCUT2D eigenvalue weighted by atomic mass is 32.2. The third-order valence-electron chi connectivity index (χ3n) is 2.39. The molecule has 0 fully saturated rings.